The van der Waals surface area contributed by atoms with E-state index in [0.717, 1.165) is 19.6 Å². The van der Waals surface area contributed by atoms with Crippen LogP contribution >= 0.6 is 0 Å². The van der Waals surface area contributed by atoms with Crippen LogP contribution in [0.15, 0.2) is 30.5 Å². The van der Waals surface area contributed by atoms with Gasteiger partial charge in [0.2, 0.25) is 0 Å². The Kier molecular flexibility index (Phi) is 3.85. The Hall–Kier alpha value is -1.72. The van der Waals surface area contributed by atoms with Crippen LogP contribution in [0.2, 0.25) is 0 Å². The van der Waals surface area contributed by atoms with Crippen molar-refractivity contribution in [1.29, 1.82) is 0 Å². The molecule has 17 heavy (non-hydrogen) atoms. The van der Waals surface area contributed by atoms with Gasteiger partial charge in [-0.1, -0.05) is 25.0 Å². The zero-order valence-electron chi connectivity index (χ0n) is 10.5. The number of hydrogen-bond acceptors (Lipinski definition) is 1. The van der Waals surface area contributed by atoms with Gasteiger partial charge in [-0.3, -0.25) is 0 Å². The first kappa shape index (κ1) is 11.8. The lowest BCUT2D eigenvalue weighted by atomic mass is 10.1. The van der Waals surface area contributed by atoms with Gasteiger partial charge in [-0.2, -0.15) is 0 Å². The molecule has 0 radical (unpaired) electrons. The summed E-state index contributed by atoms with van der Waals surface area (Å²) < 4.78 is 2.20. The Bertz CT molecular complexity index is 555. The van der Waals surface area contributed by atoms with E-state index in [-0.39, 0.29) is 0 Å². The summed E-state index contributed by atoms with van der Waals surface area (Å²) in [4.78, 5) is 0. The summed E-state index contributed by atoms with van der Waals surface area (Å²) in [6, 6.07) is 8.63. The normalized spacial score (nSPS) is 10.2. The monoisotopic (exact) mass is 226 g/mol. The molecule has 0 aliphatic heterocycles. The Labute approximate surface area is 103 Å². The zero-order chi connectivity index (χ0) is 12.1. The van der Waals surface area contributed by atoms with Gasteiger partial charge in [0.15, 0.2) is 0 Å². The molecule has 1 heterocycles. The van der Waals surface area contributed by atoms with Gasteiger partial charge in [0.05, 0.1) is 6.54 Å². The molecule has 1 aromatic heterocycles. The van der Waals surface area contributed by atoms with E-state index >= 15 is 0 Å². The molecule has 0 atom stereocenters. The largest absolute Gasteiger partial charge is 0.336 e. The van der Waals surface area contributed by atoms with Crippen molar-refractivity contribution < 1.29 is 0 Å². The van der Waals surface area contributed by atoms with Crippen molar-refractivity contribution >= 4 is 10.9 Å². The summed E-state index contributed by atoms with van der Waals surface area (Å²) in [6.45, 7) is 6.70. The van der Waals surface area contributed by atoms with E-state index in [4.69, 9.17) is 0 Å². The Morgan fingerprint density at radius 1 is 1.29 bits per heavy atom. The third-order valence-electron chi connectivity index (χ3n) is 2.90. The zero-order valence-corrected chi connectivity index (χ0v) is 10.5. The van der Waals surface area contributed by atoms with Crippen LogP contribution < -0.4 is 5.32 Å². The lowest BCUT2D eigenvalue weighted by Crippen LogP contribution is -2.11. The molecule has 1 aromatic carbocycles. The second-order valence-electron chi connectivity index (χ2n) is 4.00. The standard InChI is InChI=1S/C15H18N2/c1-3-5-10-17-11-9-14-13(12-16-4-2)7-6-8-15(14)17/h6-9,11,16H,4,10,12H2,1-2H3. The van der Waals surface area contributed by atoms with E-state index < -0.39 is 0 Å². The average molecular weight is 226 g/mol. The summed E-state index contributed by atoms with van der Waals surface area (Å²) in [6.07, 6.45) is 2.12. The number of benzene rings is 1. The molecule has 2 rings (SSSR count). The fraction of sp³-hybridized carbons (Fsp3) is 0.333. The van der Waals surface area contributed by atoms with Gasteiger partial charge in [0.1, 0.15) is 0 Å². The molecule has 0 aliphatic carbocycles. The van der Waals surface area contributed by atoms with E-state index in [1.54, 1.807) is 0 Å². The molecule has 0 fully saturated rings. The molecule has 0 saturated heterocycles. The summed E-state index contributed by atoms with van der Waals surface area (Å²) in [7, 11) is 0. The van der Waals surface area contributed by atoms with Crippen molar-refractivity contribution in [2.75, 3.05) is 6.54 Å². The van der Waals surface area contributed by atoms with E-state index in [0.29, 0.717) is 0 Å². The molecule has 0 spiro atoms. The van der Waals surface area contributed by atoms with Crippen molar-refractivity contribution in [3.8, 4) is 11.8 Å². The van der Waals surface area contributed by atoms with Gasteiger partial charge in [0, 0.05) is 23.6 Å². The summed E-state index contributed by atoms with van der Waals surface area (Å²) in [5.41, 5.74) is 2.62. The van der Waals surface area contributed by atoms with Crippen LogP contribution in [-0.4, -0.2) is 11.1 Å². The smallest absolute Gasteiger partial charge is 0.0837 e. The van der Waals surface area contributed by atoms with Crippen LogP contribution in [-0.2, 0) is 13.1 Å². The second-order valence-corrected chi connectivity index (χ2v) is 4.00. The topological polar surface area (TPSA) is 17.0 Å². The number of rotatable bonds is 4. The number of nitrogens with zero attached hydrogens (tertiary/aromatic N) is 1. The molecule has 2 heteroatoms. The van der Waals surface area contributed by atoms with Gasteiger partial charge >= 0.3 is 0 Å². The van der Waals surface area contributed by atoms with Crippen molar-refractivity contribution in [1.82, 2.24) is 9.88 Å². The van der Waals surface area contributed by atoms with Crippen molar-refractivity contribution in [2.45, 2.75) is 26.9 Å². The molecule has 0 saturated carbocycles. The van der Waals surface area contributed by atoms with Gasteiger partial charge in [-0.05, 0) is 31.2 Å². The highest BCUT2D eigenvalue weighted by atomic mass is 14.9. The maximum atomic E-state index is 3.37. The van der Waals surface area contributed by atoms with Gasteiger partial charge in [-0.15, -0.1) is 5.92 Å². The first-order valence-corrected chi connectivity index (χ1v) is 6.04. The highest BCUT2D eigenvalue weighted by Crippen LogP contribution is 2.20. The third-order valence-corrected chi connectivity index (χ3v) is 2.90. The predicted octanol–water partition coefficient (Wildman–Crippen LogP) is 2.77. The van der Waals surface area contributed by atoms with E-state index in [1.165, 1.54) is 16.5 Å². The van der Waals surface area contributed by atoms with E-state index in [1.807, 2.05) is 6.92 Å². The minimum atomic E-state index is 0.769. The lowest BCUT2D eigenvalue weighted by Gasteiger charge is -2.05. The van der Waals surface area contributed by atoms with Crippen LogP contribution in [0.25, 0.3) is 10.9 Å². The highest BCUT2D eigenvalue weighted by Gasteiger charge is 2.03. The van der Waals surface area contributed by atoms with Crippen LogP contribution in [0.5, 0.6) is 0 Å². The average Bonchev–Trinajstić information content (AvgIpc) is 2.77. The first-order chi connectivity index (χ1) is 8.36. The Balaban J connectivity index is 2.36. The molecular weight excluding hydrogens is 208 g/mol. The number of hydrogen-bond donors (Lipinski definition) is 1. The molecule has 1 N–H and O–H groups in total. The minimum absolute atomic E-state index is 0.769. The second kappa shape index (κ2) is 5.56. The van der Waals surface area contributed by atoms with Crippen molar-refractivity contribution in [2.24, 2.45) is 0 Å². The lowest BCUT2D eigenvalue weighted by molar-refractivity contribution is 0.730. The summed E-state index contributed by atoms with van der Waals surface area (Å²) >= 11 is 0. The molecule has 88 valence electrons. The predicted molar refractivity (Wildman–Crippen MR) is 72.8 cm³/mol. The SMILES string of the molecule is CC#CCn1ccc2c(CNCC)cccc21. The molecule has 0 aliphatic rings. The minimum Gasteiger partial charge on any atom is -0.336 e. The number of nitrogens with one attached hydrogen (secondary N) is 1. The number of fused-ring (bicyclic) bond motifs is 1. The highest BCUT2D eigenvalue weighted by molar-refractivity contribution is 5.83. The summed E-state index contributed by atoms with van der Waals surface area (Å²) in [5, 5.41) is 4.70. The molecule has 0 unspecified atom stereocenters. The van der Waals surface area contributed by atoms with Gasteiger partial charge in [-0.25, -0.2) is 0 Å². The Morgan fingerprint density at radius 3 is 2.94 bits per heavy atom. The third kappa shape index (κ3) is 2.51. The van der Waals surface area contributed by atoms with E-state index in [2.05, 4.69) is 59.1 Å². The van der Waals surface area contributed by atoms with Gasteiger partial charge in [0.25, 0.3) is 0 Å². The molecule has 0 amide bonds. The fourth-order valence-corrected chi connectivity index (χ4v) is 2.00. The molecular formula is C15H18N2. The van der Waals surface area contributed by atoms with Crippen LogP contribution in [0, 0.1) is 11.8 Å². The number of aromatic nitrogens is 1. The van der Waals surface area contributed by atoms with Crippen LogP contribution in [0.4, 0.5) is 0 Å². The quantitative estimate of drug-likeness (QED) is 0.793. The maximum Gasteiger partial charge on any atom is 0.0837 e. The first-order valence-electron chi connectivity index (χ1n) is 6.04. The van der Waals surface area contributed by atoms with Crippen LogP contribution in [0.1, 0.15) is 19.4 Å². The maximum absolute atomic E-state index is 3.37. The summed E-state index contributed by atoms with van der Waals surface area (Å²) in [5.74, 6) is 6.04. The van der Waals surface area contributed by atoms with Crippen molar-refractivity contribution in [3.63, 3.8) is 0 Å². The molecule has 0 bridgehead atoms. The molecule has 2 nitrogen and oxygen atoms in total. The Morgan fingerprint density at radius 2 is 2.18 bits per heavy atom. The van der Waals surface area contributed by atoms with Gasteiger partial charge < -0.3 is 9.88 Å². The van der Waals surface area contributed by atoms with Crippen molar-refractivity contribution in [3.05, 3.63) is 36.0 Å². The van der Waals surface area contributed by atoms with E-state index in [9.17, 15) is 0 Å². The fourth-order valence-electron chi connectivity index (χ4n) is 2.00. The van der Waals surface area contributed by atoms with Crippen LogP contribution in [0.3, 0.4) is 0 Å². The molecule has 2 aromatic rings.